The average molecular weight is 253 g/mol. The van der Waals surface area contributed by atoms with Crippen LogP contribution in [0.25, 0.3) is 0 Å². The fraction of sp³-hybridized carbons (Fsp3) is 0.667. The molecule has 94 valence electrons. The smallest absolute Gasteiger partial charge is 0.236 e. The quantitative estimate of drug-likeness (QED) is 0.884. The van der Waals surface area contributed by atoms with Crippen LogP contribution in [0.2, 0.25) is 0 Å². The van der Waals surface area contributed by atoms with E-state index >= 15 is 0 Å². The Bertz CT molecular complexity index is 396. The maximum absolute atomic E-state index is 11.8. The molecule has 1 N–H and O–H groups in total. The number of rotatable bonds is 4. The Kier molecular flexibility index (Phi) is 4.12. The van der Waals surface area contributed by atoms with Crippen molar-refractivity contribution in [1.82, 2.24) is 15.2 Å². The monoisotopic (exact) mass is 253 g/mol. The first-order valence-corrected chi connectivity index (χ1v) is 6.90. The summed E-state index contributed by atoms with van der Waals surface area (Å²) in [5, 5.41) is 4.30. The third-order valence-electron chi connectivity index (χ3n) is 3.02. The number of aromatic nitrogens is 1. The van der Waals surface area contributed by atoms with Crippen LogP contribution in [0.4, 0.5) is 0 Å². The van der Waals surface area contributed by atoms with Gasteiger partial charge in [0.15, 0.2) is 0 Å². The number of amides is 1. The molecule has 5 heteroatoms. The molecule has 1 saturated heterocycles. The third kappa shape index (κ3) is 3.26. The molecule has 1 aliphatic rings. The van der Waals surface area contributed by atoms with Crippen LogP contribution >= 0.6 is 11.3 Å². The van der Waals surface area contributed by atoms with Gasteiger partial charge in [0.05, 0.1) is 17.2 Å². The minimum Gasteiger partial charge on any atom is -0.342 e. The Hall–Kier alpha value is -0.940. The van der Waals surface area contributed by atoms with Crippen LogP contribution in [0.3, 0.4) is 0 Å². The van der Waals surface area contributed by atoms with Gasteiger partial charge in [0.25, 0.3) is 0 Å². The van der Waals surface area contributed by atoms with Gasteiger partial charge in [-0.15, -0.1) is 11.3 Å². The highest BCUT2D eigenvalue weighted by Gasteiger charge is 2.17. The van der Waals surface area contributed by atoms with Gasteiger partial charge in [-0.2, -0.15) is 0 Å². The van der Waals surface area contributed by atoms with Gasteiger partial charge in [-0.1, -0.05) is 0 Å². The maximum atomic E-state index is 11.8. The zero-order valence-corrected chi connectivity index (χ0v) is 11.3. The number of thiazole rings is 1. The lowest BCUT2D eigenvalue weighted by atomic mass is 10.4. The van der Waals surface area contributed by atoms with Crippen LogP contribution in [0.15, 0.2) is 0 Å². The number of nitrogens with zero attached hydrogens (tertiary/aromatic N) is 2. The Labute approximate surface area is 106 Å². The van der Waals surface area contributed by atoms with Gasteiger partial charge in [-0.25, -0.2) is 4.98 Å². The number of aryl methyl sites for hydroxylation is 2. The Morgan fingerprint density at radius 3 is 2.71 bits per heavy atom. The Balaban J connectivity index is 1.75. The predicted molar refractivity (Wildman–Crippen MR) is 69.1 cm³/mol. The summed E-state index contributed by atoms with van der Waals surface area (Å²) in [6.45, 7) is 7.07. The van der Waals surface area contributed by atoms with Gasteiger partial charge in [0, 0.05) is 24.5 Å². The first kappa shape index (κ1) is 12.5. The van der Waals surface area contributed by atoms with Crippen molar-refractivity contribution in [1.29, 1.82) is 0 Å². The van der Waals surface area contributed by atoms with Gasteiger partial charge in [0.1, 0.15) is 0 Å². The molecule has 0 bridgehead atoms. The highest BCUT2D eigenvalue weighted by molar-refractivity contribution is 7.11. The lowest BCUT2D eigenvalue weighted by Crippen LogP contribution is -2.35. The second kappa shape index (κ2) is 5.60. The van der Waals surface area contributed by atoms with E-state index in [1.54, 1.807) is 11.3 Å². The number of likely N-dealkylation sites (tertiary alicyclic amines) is 1. The number of hydrogen-bond acceptors (Lipinski definition) is 4. The number of nitrogens with one attached hydrogen (secondary N) is 1. The van der Waals surface area contributed by atoms with Crippen molar-refractivity contribution in [3.8, 4) is 0 Å². The van der Waals surface area contributed by atoms with E-state index in [1.807, 2.05) is 18.7 Å². The van der Waals surface area contributed by atoms with Crippen molar-refractivity contribution < 1.29 is 4.79 Å². The molecular weight excluding hydrogens is 234 g/mol. The molecule has 1 amide bonds. The SMILES string of the molecule is Cc1nc(C)c(CNCC(=O)N2CCCC2)s1. The van der Waals surface area contributed by atoms with E-state index in [0.717, 1.165) is 43.2 Å². The summed E-state index contributed by atoms with van der Waals surface area (Å²) in [5.74, 6) is 0.224. The van der Waals surface area contributed by atoms with E-state index in [-0.39, 0.29) is 5.91 Å². The molecule has 0 spiro atoms. The molecule has 0 atom stereocenters. The fourth-order valence-electron chi connectivity index (χ4n) is 2.10. The lowest BCUT2D eigenvalue weighted by molar-refractivity contribution is -0.129. The molecule has 0 radical (unpaired) electrons. The normalized spacial score (nSPS) is 15.5. The van der Waals surface area contributed by atoms with Gasteiger partial charge in [0.2, 0.25) is 5.91 Å². The zero-order valence-electron chi connectivity index (χ0n) is 10.5. The Morgan fingerprint density at radius 1 is 1.41 bits per heavy atom. The molecule has 2 rings (SSSR count). The van der Waals surface area contributed by atoms with Crippen molar-refractivity contribution in [2.45, 2.75) is 33.2 Å². The van der Waals surface area contributed by atoms with Gasteiger partial charge in [-0.05, 0) is 26.7 Å². The van der Waals surface area contributed by atoms with Gasteiger partial charge < -0.3 is 10.2 Å². The minimum atomic E-state index is 0.224. The van der Waals surface area contributed by atoms with Crippen LogP contribution in [0, 0.1) is 13.8 Å². The lowest BCUT2D eigenvalue weighted by Gasteiger charge is -2.15. The van der Waals surface area contributed by atoms with Crippen molar-refractivity contribution in [3.63, 3.8) is 0 Å². The summed E-state index contributed by atoms with van der Waals surface area (Å²) in [7, 11) is 0. The van der Waals surface area contributed by atoms with E-state index in [4.69, 9.17) is 0 Å². The largest absolute Gasteiger partial charge is 0.342 e. The average Bonchev–Trinajstić information content (AvgIpc) is 2.89. The molecule has 0 saturated carbocycles. The van der Waals surface area contributed by atoms with Gasteiger partial charge >= 0.3 is 0 Å². The minimum absolute atomic E-state index is 0.224. The van der Waals surface area contributed by atoms with Crippen LogP contribution in [0.5, 0.6) is 0 Å². The van der Waals surface area contributed by atoms with Crippen LogP contribution in [0.1, 0.15) is 28.4 Å². The molecular formula is C12H19N3OS. The highest BCUT2D eigenvalue weighted by Crippen LogP contribution is 2.16. The molecule has 1 aliphatic heterocycles. The van der Waals surface area contributed by atoms with Crippen molar-refractivity contribution >= 4 is 17.2 Å². The second-order valence-electron chi connectivity index (χ2n) is 4.43. The van der Waals surface area contributed by atoms with Gasteiger partial charge in [-0.3, -0.25) is 4.79 Å². The van der Waals surface area contributed by atoms with Crippen molar-refractivity contribution in [2.24, 2.45) is 0 Å². The maximum Gasteiger partial charge on any atom is 0.236 e. The molecule has 4 nitrogen and oxygen atoms in total. The second-order valence-corrected chi connectivity index (χ2v) is 5.72. The van der Waals surface area contributed by atoms with E-state index in [9.17, 15) is 4.79 Å². The topological polar surface area (TPSA) is 45.2 Å². The predicted octanol–water partition coefficient (Wildman–Crippen LogP) is 1.47. The van der Waals surface area contributed by atoms with Crippen LogP contribution < -0.4 is 5.32 Å². The summed E-state index contributed by atoms with van der Waals surface area (Å²) >= 11 is 1.70. The van der Waals surface area contributed by atoms with E-state index in [0.29, 0.717) is 6.54 Å². The molecule has 0 unspecified atom stereocenters. The molecule has 1 fully saturated rings. The third-order valence-corrected chi connectivity index (χ3v) is 4.09. The number of carbonyl (C=O) groups is 1. The first-order chi connectivity index (χ1) is 8.16. The molecule has 2 heterocycles. The molecule has 1 aromatic heterocycles. The Morgan fingerprint density at radius 2 is 2.12 bits per heavy atom. The van der Waals surface area contributed by atoms with Crippen LogP contribution in [-0.2, 0) is 11.3 Å². The first-order valence-electron chi connectivity index (χ1n) is 6.08. The van der Waals surface area contributed by atoms with E-state index < -0.39 is 0 Å². The number of carbonyl (C=O) groups excluding carboxylic acids is 1. The molecule has 0 aliphatic carbocycles. The summed E-state index contributed by atoms with van der Waals surface area (Å²) < 4.78 is 0. The summed E-state index contributed by atoms with van der Waals surface area (Å²) in [4.78, 5) is 19.3. The summed E-state index contributed by atoms with van der Waals surface area (Å²) in [6, 6.07) is 0. The molecule has 17 heavy (non-hydrogen) atoms. The summed E-state index contributed by atoms with van der Waals surface area (Å²) in [6.07, 6.45) is 2.30. The van der Waals surface area contributed by atoms with E-state index in [1.165, 1.54) is 4.88 Å². The van der Waals surface area contributed by atoms with E-state index in [2.05, 4.69) is 10.3 Å². The standard InChI is InChI=1S/C12H19N3OS/c1-9-11(17-10(2)14-9)7-13-8-12(16)15-5-3-4-6-15/h13H,3-8H2,1-2H3. The van der Waals surface area contributed by atoms with Crippen molar-refractivity contribution in [2.75, 3.05) is 19.6 Å². The highest BCUT2D eigenvalue weighted by atomic mass is 32.1. The zero-order chi connectivity index (χ0) is 12.3. The number of hydrogen-bond donors (Lipinski definition) is 1. The fourth-order valence-corrected chi connectivity index (χ4v) is 3.01. The molecule has 0 aromatic carbocycles. The van der Waals surface area contributed by atoms with Crippen LogP contribution in [-0.4, -0.2) is 35.4 Å². The molecule has 1 aromatic rings. The van der Waals surface area contributed by atoms with Crippen molar-refractivity contribution in [3.05, 3.63) is 15.6 Å². The summed E-state index contributed by atoms with van der Waals surface area (Å²) in [5.41, 5.74) is 1.08.